The van der Waals surface area contributed by atoms with Crippen LogP contribution in [-0.2, 0) is 26.2 Å². The van der Waals surface area contributed by atoms with Crippen LogP contribution in [-0.4, -0.2) is 0 Å². The van der Waals surface area contributed by atoms with Crippen molar-refractivity contribution >= 4 is 46.4 Å². The molecule has 0 bridgehead atoms. The number of benzene rings is 4. The maximum absolute atomic E-state index is 11.3. The van der Waals surface area contributed by atoms with E-state index >= 15 is 0 Å². The summed E-state index contributed by atoms with van der Waals surface area (Å²) in [6.45, 7) is 23.3. The molecule has 0 fully saturated rings. The van der Waals surface area contributed by atoms with Crippen LogP contribution in [0.1, 0.15) is 124 Å². The largest absolute Gasteiger partial charge is 4.00 e. The number of rotatable bonds is 4. The zero-order valence-corrected chi connectivity index (χ0v) is 36.1. The Morgan fingerprint density at radius 2 is 0.490 bits per heavy atom. The normalized spacial score (nSPS) is 10.5. The summed E-state index contributed by atoms with van der Waals surface area (Å²) in [5.41, 5.74) is 6.60. The molecule has 0 atom stereocenters. The molecule has 4 aromatic carbocycles. The van der Waals surface area contributed by atoms with Gasteiger partial charge < -0.3 is 20.4 Å². The van der Waals surface area contributed by atoms with Gasteiger partial charge in [-0.1, -0.05) is 126 Å². The molecular formula is C40H48Cl4O4Zr. The summed E-state index contributed by atoms with van der Waals surface area (Å²) in [4.78, 5) is 0. The first-order valence-corrected chi connectivity index (χ1v) is 17.5. The van der Waals surface area contributed by atoms with Crippen LogP contribution in [0.3, 0.4) is 0 Å². The van der Waals surface area contributed by atoms with Crippen molar-refractivity contribution in [2.24, 2.45) is 0 Å². The van der Waals surface area contributed by atoms with Gasteiger partial charge in [0.2, 0.25) is 0 Å². The topological polar surface area (TPSA) is 92.2 Å². The molecule has 4 aromatic rings. The Kier molecular flexibility index (Phi) is 20.7. The van der Waals surface area contributed by atoms with Crippen molar-refractivity contribution in [3.8, 4) is 23.0 Å². The minimum atomic E-state index is 0. The molecule has 0 saturated heterocycles. The number of hydrogen-bond acceptors (Lipinski definition) is 4. The van der Waals surface area contributed by atoms with E-state index in [1.165, 1.54) is 0 Å². The molecule has 0 N–H and O–H groups in total. The molecule has 4 rings (SSSR count). The summed E-state index contributed by atoms with van der Waals surface area (Å²) >= 11 is 23.5. The summed E-state index contributed by atoms with van der Waals surface area (Å²) in [5.74, 6) is 1.56. The van der Waals surface area contributed by atoms with Gasteiger partial charge in [-0.3, -0.25) is 0 Å². The van der Waals surface area contributed by atoms with Crippen molar-refractivity contribution in [1.82, 2.24) is 0 Å². The second-order valence-corrected chi connectivity index (χ2v) is 14.8. The van der Waals surface area contributed by atoms with Gasteiger partial charge in [-0.05, 0) is 120 Å². The summed E-state index contributed by atoms with van der Waals surface area (Å²) in [7, 11) is 0. The molecule has 0 aliphatic rings. The molecule has 0 unspecified atom stereocenters. The monoisotopic (exact) mass is 822 g/mol. The van der Waals surface area contributed by atoms with Gasteiger partial charge in [0.15, 0.2) is 0 Å². The molecule has 49 heavy (non-hydrogen) atoms. The molecule has 0 aliphatic carbocycles. The van der Waals surface area contributed by atoms with E-state index in [1.54, 1.807) is 52.0 Å². The smallest absolute Gasteiger partial charge is 0.872 e. The summed E-state index contributed by atoms with van der Waals surface area (Å²) < 4.78 is 0. The van der Waals surface area contributed by atoms with E-state index in [1.807, 2.05) is 79.7 Å². The Balaban J connectivity index is 0.000000623. The third kappa shape index (κ3) is 14.7. The van der Waals surface area contributed by atoms with E-state index in [0.717, 1.165) is 22.3 Å². The fourth-order valence-corrected chi connectivity index (χ4v) is 4.90. The van der Waals surface area contributed by atoms with E-state index in [2.05, 4.69) is 0 Å². The predicted octanol–water partition coefficient (Wildman–Crippen LogP) is 11.4. The maximum Gasteiger partial charge on any atom is 4.00 e. The van der Waals surface area contributed by atoms with Gasteiger partial charge in [-0.2, -0.15) is 0 Å². The summed E-state index contributed by atoms with van der Waals surface area (Å²) in [6.07, 6.45) is 0. The maximum atomic E-state index is 11.3. The van der Waals surface area contributed by atoms with Gasteiger partial charge in [0.25, 0.3) is 0 Å². The van der Waals surface area contributed by atoms with Crippen molar-refractivity contribution < 1.29 is 46.6 Å². The van der Waals surface area contributed by atoms with Crippen LogP contribution < -0.4 is 20.4 Å². The zero-order valence-electron chi connectivity index (χ0n) is 30.6. The first-order valence-electron chi connectivity index (χ1n) is 16.0. The van der Waals surface area contributed by atoms with Crippen LogP contribution in [0.25, 0.3) is 0 Å². The minimum absolute atomic E-state index is 0. The van der Waals surface area contributed by atoms with Gasteiger partial charge in [0.05, 0.1) is 0 Å². The van der Waals surface area contributed by atoms with E-state index in [9.17, 15) is 20.4 Å². The summed E-state index contributed by atoms with van der Waals surface area (Å²) in [6, 6.07) is 14.1. The molecule has 0 aliphatic heterocycles. The SMILES string of the molecule is Cc1c([O-])cc(C(C)C)cc1Cl.Cc1c([O-])cc(C(C)C)cc1Cl.Cc1c([O-])cc(C(C)C)cc1Cl.Cc1c([O-])cc(C(C)C)cc1Cl.[Zr+4]. The van der Waals surface area contributed by atoms with Gasteiger partial charge in [0, 0.05) is 20.1 Å². The van der Waals surface area contributed by atoms with Crippen LogP contribution >= 0.6 is 46.4 Å². The molecule has 0 heterocycles. The Morgan fingerprint density at radius 3 is 0.592 bits per heavy atom. The van der Waals surface area contributed by atoms with E-state index in [0.29, 0.717) is 66.0 Å². The average molecular weight is 826 g/mol. The molecule has 9 heteroatoms. The number of hydrogen-bond donors (Lipinski definition) is 0. The van der Waals surface area contributed by atoms with Gasteiger partial charge in [0.1, 0.15) is 0 Å². The molecular weight excluding hydrogens is 777 g/mol. The van der Waals surface area contributed by atoms with Crippen molar-refractivity contribution in [3.63, 3.8) is 0 Å². The third-order valence-corrected chi connectivity index (χ3v) is 9.51. The predicted molar refractivity (Wildman–Crippen MR) is 199 cm³/mol. The second kappa shape index (κ2) is 21.5. The van der Waals surface area contributed by atoms with E-state index in [4.69, 9.17) is 46.4 Å². The Labute approximate surface area is 333 Å². The van der Waals surface area contributed by atoms with E-state index in [-0.39, 0.29) is 49.2 Å². The van der Waals surface area contributed by atoms with Crippen molar-refractivity contribution in [2.45, 2.75) is 107 Å². The molecule has 264 valence electrons. The molecule has 0 spiro atoms. The second-order valence-electron chi connectivity index (χ2n) is 13.1. The summed E-state index contributed by atoms with van der Waals surface area (Å²) in [5, 5.41) is 47.4. The Bertz CT molecular complexity index is 1330. The minimum Gasteiger partial charge on any atom is -0.872 e. The van der Waals surface area contributed by atoms with Crippen LogP contribution in [0.2, 0.25) is 20.1 Å². The standard InChI is InChI=1S/4C10H13ClO.Zr/c4*1-6(2)8-4-9(11)7(3)10(12)5-8;/h4*4-6,12H,1-3H3;/q;;;;+4/p-4. The third-order valence-electron chi connectivity index (χ3n) is 7.94. The van der Waals surface area contributed by atoms with Crippen LogP contribution in [0.15, 0.2) is 48.5 Å². The van der Waals surface area contributed by atoms with Crippen molar-refractivity contribution in [1.29, 1.82) is 0 Å². The zero-order chi connectivity index (χ0) is 37.2. The Morgan fingerprint density at radius 1 is 0.347 bits per heavy atom. The van der Waals surface area contributed by atoms with Gasteiger partial charge in [-0.15, -0.1) is 23.0 Å². The quantitative estimate of drug-likeness (QED) is 0.205. The van der Waals surface area contributed by atoms with Crippen molar-refractivity contribution in [2.75, 3.05) is 0 Å². The van der Waals surface area contributed by atoms with Crippen LogP contribution in [0, 0.1) is 27.7 Å². The van der Waals surface area contributed by atoms with Gasteiger partial charge in [-0.25, -0.2) is 0 Å². The first kappa shape index (κ1) is 47.1. The van der Waals surface area contributed by atoms with Gasteiger partial charge >= 0.3 is 26.2 Å². The van der Waals surface area contributed by atoms with Crippen LogP contribution in [0.4, 0.5) is 0 Å². The fraction of sp³-hybridized carbons (Fsp3) is 0.400. The molecule has 0 amide bonds. The van der Waals surface area contributed by atoms with Crippen LogP contribution in [0.5, 0.6) is 23.0 Å². The van der Waals surface area contributed by atoms with E-state index < -0.39 is 0 Å². The molecule has 4 nitrogen and oxygen atoms in total. The molecule has 0 radical (unpaired) electrons. The molecule has 0 saturated carbocycles. The average Bonchev–Trinajstić information content (AvgIpc) is 2.99. The first-order chi connectivity index (χ1) is 22.1. The Hall–Kier alpha value is -1.88. The number of halogens is 4. The molecule has 0 aromatic heterocycles. The fourth-order valence-electron chi connectivity index (χ4n) is 4.03. The van der Waals surface area contributed by atoms with Crippen molar-refractivity contribution in [3.05, 3.63) is 113 Å².